The Balaban J connectivity index is 2.23. The summed E-state index contributed by atoms with van der Waals surface area (Å²) < 4.78 is 24.1. The fourth-order valence-corrected chi connectivity index (χ4v) is 4.75. The van der Waals surface area contributed by atoms with E-state index in [9.17, 15) is 18.5 Å². The number of thiophene rings is 1. The van der Waals surface area contributed by atoms with Crippen LogP contribution in [0.1, 0.15) is 0 Å². The fraction of sp³-hybridized carbons (Fsp3) is 0. The van der Waals surface area contributed by atoms with Gasteiger partial charge in [-0.1, -0.05) is 22.7 Å². The molecule has 0 atom stereocenters. The van der Waals surface area contributed by atoms with Crippen LogP contribution < -0.4 is 5.14 Å². The molecule has 0 aliphatic heterocycles. The van der Waals surface area contributed by atoms with Gasteiger partial charge in [-0.15, -0.1) is 5.10 Å². The van der Waals surface area contributed by atoms with E-state index in [-0.39, 0.29) is 9.34 Å². The van der Waals surface area contributed by atoms with Crippen LogP contribution in [0.4, 0.5) is 5.00 Å². The molecule has 0 saturated carbocycles. The first-order valence-electron chi connectivity index (χ1n) is 5.10. The van der Waals surface area contributed by atoms with Crippen molar-refractivity contribution < 1.29 is 13.3 Å². The highest BCUT2D eigenvalue weighted by atomic mass is 79.9. The minimum Gasteiger partial charge on any atom is -0.258 e. The summed E-state index contributed by atoms with van der Waals surface area (Å²) in [6, 6.07) is 2.91. The number of fused-ring (bicyclic) bond motifs is 1. The standard InChI is InChI=1S/C8H4BrN5O4S3/c9-6-5(3-1-2-4(19-3)14(15)16)13-7(11-6)20-8(12-13)21(10,17)18/h1-2H,(H2,10,17,18). The summed E-state index contributed by atoms with van der Waals surface area (Å²) in [5.41, 5.74) is 0.439. The van der Waals surface area contributed by atoms with Crippen LogP contribution in [0, 0.1) is 10.1 Å². The maximum atomic E-state index is 11.3. The number of imidazole rings is 1. The van der Waals surface area contributed by atoms with Crippen molar-refractivity contribution in [1.82, 2.24) is 14.6 Å². The van der Waals surface area contributed by atoms with Crippen LogP contribution >= 0.6 is 38.6 Å². The fourth-order valence-electron chi connectivity index (χ4n) is 1.58. The molecule has 0 unspecified atom stereocenters. The molecule has 3 aromatic heterocycles. The van der Waals surface area contributed by atoms with Crippen LogP contribution in [0.25, 0.3) is 15.5 Å². The highest BCUT2D eigenvalue weighted by Crippen LogP contribution is 2.38. The van der Waals surface area contributed by atoms with Crippen molar-refractivity contribution >= 4 is 58.6 Å². The van der Waals surface area contributed by atoms with Gasteiger partial charge in [0.2, 0.25) is 9.30 Å². The van der Waals surface area contributed by atoms with Crippen LogP contribution in [0.15, 0.2) is 21.1 Å². The first-order valence-corrected chi connectivity index (χ1v) is 9.07. The lowest BCUT2D eigenvalue weighted by molar-refractivity contribution is -0.380. The number of nitrogens with zero attached hydrogens (tertiary/aromatic N) is 4. The molecule has 0 bridgehead atoms. The second kappa shape index (κ2) is 4.81. The van der Waals surface area contributed by atoms with E-state index >= 15 is 0 Å². The minimum absolute atomic E-state index is 0.0336. The van der Waals surface area contributed by atoms with E-state index in [1.54, 1.807) is 6.07 Å². The average Bonchev–Trinajstić information content (AvgIpc) is 3.00. The summed E-state index contributed by atoms with van der Waals surface area (Å²) in [6.07, 6.45) is 0. The Morgan fingerprint density at radius 2 is 2.10 bits per heavy atom. The van der Waals surface area contributed by atoms with Gasteiger partial charge in [0.1, 0.15) is 10.3 Å². The summed E-state index contributed by atoms with van der Waals surface area (Å²) in [4.78, 5) is 15.2. The smallest absolute Gasteiger partial charge is 0.258 e. The number of primary sulfonamides is 1. The molecule has 0 saturated heterocycles. The molecule has 0 aliphatic carbocycles. The van der Waals surface area contributed by atoms with Crippen molar-refractivity contribution in [1.29, 1.82) is 0 Å². The number of halogens is 1. The average molecular weight is 410 g/mol. The maximum absolute atomic E-state index is 11.3. The van der Waals surface area contributed by atoms with Gasteiger partial charge in [-0.3, -0.25) is 10.1 Å². The van der Waals surface area contributed by atoms with Gasteiger partial charge in [-0.2, -0.15) is 4.52 Å². The summed E-state index contributed by atoms with van der Waals surface area (Å²) in [6.45, 7) is 0. The topological polar surface area (TPSA) is 133 Å². The lowest BCUT2D eigenvalue weighted by atomic mass is 10.4. The molecular weight excluding hydrogens is 406 g/mol. The predicted molar refractivity (Wildman–Crippen MR) is 79.9 cm³/mol. The van der Waals surface area contributed by atoms with E-state index in [1.165, 1.54) is 10.6 Å². The Labute approximate surface area is 133 Å². The SMILES string of the molecule is NS(=O)(=O)c1nn2c(-c3ccc([N+](=O)[O-])s3)c(Br)nc2s1. The number of nitrogens with two attached hydrogens (primary N) is 1. The van der Waals surface area contributed by atoms with Gasteiger partial charge >= 0.3 is 5.00 Å². The summed E-state index contributed by atoms with van der Waals surface area (Å²) >= 11 is 4.99. The molecule has 0 amide bonds. The third-order valence-electron chi connectivity index (χ3n) is 2.39. The Hall–Kier alpha value is -1.41. The van der Waals surface area contributed by atoms with E-state index in [4.69, 9.17) is 5.14 Å². The molecule has 0 spiro atoms. The molecular formula is C8H4BrN5O4S3. The van der Waals surface area contributed by atoms with Gasteiger partial charge in [0, 0.05) is 6.07 Å². The monoisotopic (exact) mass is 409 g/mol. The molecule has 9 nitrogen and oxygen atoms in total. The van der Waals surface area contributed by atoms with Gasteiger partial charge in [-0.05, 0) is 22.0 Å². The Morgan fingerprint density at radius 3 is 2.67 bits per heavy atom. The lowest BCUT2D eigenvalue weighted by Crippen LogP contribution is -2.12. The highest BCUT2D eigenvalue weighted by Gasteiger charge is 2.23. The van der Waals surface area contributed by atoms with Crippen molar-refractivity contribution in [3.63, 3.8) is 0 Å². The maximum Gasteiger partial charge on any atom is 0.324 e. The van der Waals surface area contributed by atoms with E-state index < -0.39 is 14.9 Å². The number of hydrogen-bond donors (Lipinski definition) is 1. The minimum atomic E-state index is -3.93. The lowest BCUT2D eigenvalue weighted by Gasteiger charge is -1.94. The largest absolute Gasteiger partial charge is 0.324 e. The number of rotatable bonds is 3. The normalized spacial score (nSPS) is 12.1. The molecule has 13 heteroatoms. The first-order chi connectivity index (χ1) is 9.77. The van der Waals surface area contributed by atoms with Gasteiger partial charge in [-0.25, -0.2) is 18.5 Å². The molecule has 110 valence electrons. The number of nitro groups is 1. The molecule has 3 heterocycles. The molecule has 0 fully saturated rings. The molecule has 0 aliphatic rings. The summed E-state index contributed by atoms with van der Waals surface area (Å²) in [5, 5.41) is 19.6. The van der Waals surface area contributed by atoms with E-state index in [1.807, 2.05) is 0 Å². The second-order valence-electron chi connectivity index (χ2n) is 3.75. The zero-order chi connectivity index (χ0) is 15.4. The van der Waals surface area contributed by atoms with Crippen LogP contribution in [-0.2, 0) is 10.0 Å². The van der Waals surface area contributed by atoms with Gasteiger partial charge in [0.25, 0.3) is 10.0 Å². The van der Waals surface area contributed by atoms with Crippen LogP contribution in [0.3, 0.4) is 0 Å². The summed E-state index contributed by atoms with van der Waals surface area (Å²) in [5.74, 6) is 0. The number of aromatic nitrogens is 3. The molecule has 3 aromatic rings. The van der Waals surface area contributed by atoms with Gasteiger partial charge in [0.05, 0.1) is 9.80 Å². The van der Waals surface area contributed by atoms with Gasteiger partial charge < -0.3 is 0 Å². The van der Waals surface area contributed by atoms with Crippen LogP contribution in [-0.4, -0.2) is 27.9 Å². The predicted octanol–water partition coefficient (Wildman–Crippen LogP) is 1.84. The van der Waals surface area contributed by atoms with Gasteiger partial charge in [0.15, 0.2) is 0 Å². The molecule has 0 aromatic carbocycles. The van der Waals surface area contributed by atoms with Crippen molar-refractivity contribution in [2.24, 2.45) is 5.14 Å². The molecule has 3 rings (SSSR count). The zero-order valence-electron chi connectivity index (χ0n) is 9.76. The zero-order valence-corrected chi connectivity index (χ0v) is 13.8. The van der Waals surface area contributed by atoms with E-state index in [0.717, 1.165) is 22.7 Å². The van der Waals surface area contributed by atoms with Crippen molar-refractivity contribution in [3.05, 3.63) is 26.9 Å². The van der Waals surface area contributed by atoms with Crippen LogP contribution in [0.2, 0.25) is 0 Å². The van der Waals surface area contributed by atoms with E-state index in [0.29, 0.717) is 20.1 Å². The number of sulfonamides is 1. The second-order valence-corrected chi connectivity index (χ2v) is 8.26. The number of hydrogen-bond acceptors (Lipinski definition) is 8. The van der Waals surface area contributed by atoms with Crippen LogP contribution in [0.5, 0.6) is 0 Å². The molecule has 0 radical (unpaired) electrons. The first kappa shape index (κ1) is 14.5. The molecule has 21 heavy (non-hydrogen) atoms. The Morgan fingerprint density at radius 1 is 1.38 bits per heavy atom. The summed E-state index contributed by atoms with van der Waals surface area (Å²) in [7, 11) is -3.93. The Bertz CT molecular complexity index is 972. The quantitative estimate of drug-likeness (QED) is 0.517. The van der Waals surface area contributed by atoms with Crippen molar-refractivity contribution in [2.75, 3.05) is 0 Å². The van der Waals surface area contributed by atoms with Crippen molar-refractivity contribution in [3.8, 4) is 10.6 Å². The van der Waals surface area contributed by atoms with Crippen molar-refractivity contribution in [2.45, 2.75) is 4.34 Å². The molecule has 2 N–H and O–H groups in total. The highest BCUT2D eigenvalue weighted by molar-refractivity contribution is 9.10. The Kier molecular flexibility index (Phi) is 3.32. The third kappa shape index (κ3) is 2.46. The third-order valence-corrected chi connectivity index (χ3v) is 6.21. The van der Waals surface area contributed by atoms with E-state index in [2.05, 4.69) is 26.0 Å².